The number of amides is 4. The highest BCUT2D eigenvalue weighted by Crippen LogP contribution is 2.34. The van der Waals surface area contributed by atoms with Gasteiger partial charge in [-0.05, 0) is 42.0 Å². The molecule has 2 heterocycles. The Morgan fingerprint density at radius 1 is 0.964 bits per heavy atom. The van der Waals surface area contributed by atoms with Gasteiger partial charge < -0.3 is 14.3 Å². The van der Waals surface area contributed by atoms with E-state index in [4.69, 9.17) is 9.15 Å². The van der Waals surface area contributed by atoms with Crippen molar-refractivity contribution >= 4 is 34.4 Å². The minimum Gasteiger partial charge on any atom is -0.508 e. The smallest absolute Gasteiger partial charge is 0.328 e. The molecule has 3 N–H and O–H groups in total. The molecule has 8 nitrogen and oxygen atoms in total. The van der Waals surface area contributed by atoms with Crippen LogP contribution in [0.1, 0.15) is 11.3 Å². The summed E-state index contributed by atoms with van der Waals surface area (Å²) in [5.74, 6) is -0.779. The van der Waals surface area contributed by atoms with Gasteiger partial charge in [-0.3, -0.25) is 20.2 Å². The van der Waals surface area contributed by atoms with Gasteiger partial charge in [-0.15, -0.1) is 0 Å². The number of furan rings is 1. The summed E-state index contributed by atoms with van der Waals surface area (Å²) in [5, 5.41) is 14.4. The molecule has 0 radical (unpaired) electrons. The molecule has 0 unspecified atom stereocenters. The number of barbiturate groups is 1. The number of urea groups is 1. The third kappa shape index (κ3) is 2.96. The summed E-state index contributed by atoms with van der Waals surface area (Å²) in [6, 6.07) is 12.0. The predicted octanol–water partition coefficient (Wildman–Crippen LogP) is 2.31. The number of carbonyl (C=O) groups is 3. The van der Waals surface area contributed by atoms with Gasteiger partial charge in [0.05, 0.1) is 7.11 Å². The molecule has 1 fully saturated rings. The summed E-state index contributed by atoms with van der Waals surface area (Å²) in [4.78, 5) is 36.3. The molecule has 3 aromatic rings. The number of aromatic hydroxyl groups is 1. The van der Waals surface area contributed by atoms with Gasteiger partial charge in [0.1, 0.15) is 28.4 Å². The van der Waals surface area contributed by atoms with Crippen molar-refractivity contribution in [3.8, 4) is 11.5 Å². The molecule has 1 aliphatic rings. The maximum Gasteiger partial charge on any atom is 0.328 e. The molecular weight excluding hydrogens is 364 g/mol. The van der Waals surface area contributed by atoms with Crippen LogP contribution in [-0.4, -0.2) is 30.1 Å². The van der Waals surface area contributed by atoms with Gasteiger partial charge in [0.15, 0.2) is 0 Å². The summed E-state index contributed by atoms with van der Waals surface area (Å²) < 4.78 is 11.0. The molecule has 0 aliphatic carbocycles. The Morgan fingerprint density at radius 2 is 1.64 bits per heavy atom. The number of carbonyl (C=O) groups excluding carboxylic acids is 3. The Bertz CT molecular complexity index is 1140. The zero-order chi connectivity index (χ0) is 19.8. The zero-order valence-electron chi connectivity index (χ0n) is 14.6. The fourth-order valence-corrected chi connectivity index (χ4v) is 3.01. The summed E-state index contributed by atoms with van der Waals surface area (Å²) >= 11 is 0. The van der Waals surface area contributed by atoms with Crippen molar-refractivity contribution in [1.29, 1.82) is 0 Å². The Kier molecular flexibility index (Phi) is 4.08. The van der Waals surface area contributed by atoms with Crippen molar-refractivity contribution in [2.45, 2.75) is 0 Å². The van der Waals surface area contributed by atoms with Crippen LogP contribution in [0.15, 0.2) is 58.5 Å². The highest BCUT2D eigenvalue weighted by atomic mass is 16.5. The normalized spacial score (nSPS) is 14.0. The second-order valence-electron chi connectivity index (χ2n) is 6.05. The van der Waals surface area contributed by atoms with Gasteiger partial charge in [-0.1, -0.05) is 12.1 Å². The van der Waals surface area contributed by atoms with Crippen molar-refractivity contribution < 1.29 is 28.6 Å². The molecule has 4 amide bonds. The summed E-state index contributed by atoms with van der Waals surface area (Å²) in [6.07, 6.45) is 0. The average Bonchev–Trinajstić information content (AvgIpc) is 3.07. The monoisotopic (exact) mass is 378 g/mol. The molecule has 2 aromatic carbocycles. The van der Waals surface area contributed by atoms with Gasteiger partial charge in [0, 0.05) is 11.0 Å². The average molecular weight is 378 g/mol. The molecule has 0 atom stereocenters. The summed E-state index contributed by atoms with van der Waals surface area (Å²) in [5.41, 5.74) is 0.930. The van der Waals surface area contributed by atoms with E-state index in [9.17, 15) is 19.5 Å². The fourth-order valence-electron chi connectivity index (χ4n) is 3.01. The first-order chi connectivity index (χ1) is 13.5. The van der Waals surface area contributed by atoms with E-state index < -0.39 is 17.8 Å². The van der Waals surface area contributed by atoms with Crippen molar-refractivity contribution in [2.75, 3.05) is 7.11 Å². The molecule has 1 aromatic heterocycles. The largest absolute Gasteiger partial charge is 0.508 e. The Balaban J connectivity index is 1.97. The predicted molar refractivity (Wildman–Crippen MR) is 98.6 cm³/mol. The van der Waals surface area contributed by atoms with E-state index in [-0.39, 0.29) is 22.7 Å². The Hall–Kier alpha value is -4.07. The minimum absolute atomic E-state index is 0.0530. The number of methoxy groups -OCH3 is 1. The number of fused-ring (bicyclic) bond motifs is 1. The van der Waals surface area contributed by atoms with Crippen molar-refractivity contribution in [3.05, 3.63) is 65.4 Å². The molecular formula is C20H14N2O6. The third-order valence-electron chi connectivity index (χ3n) is 4.28. The molecule has 1 saturated heterocycles. The summed E-state index contributed by atoms with van der Waals surface area (Å²) in [6.45, 7) is 0. The van der Waals surface area contributed by atoms with E-state index in [1.165, 1.54) is 19.2 Å². The first kappa shape index (κ1) is 17.3. The number of benzene rings is 2. The molecule has 4 rings (SSSR count). The number of nitrogens with one attached hydrogen (secondary N) is 2. The molecule has 0 spiro atoms. The second-order valence-corrected chi connectivity index (χ2v) is 6.05. The van der Waals surface area contributed by atoms with Crippen LogP contribution < -0.4 is 15.4 Å². The molecule has 8 heteroatoms. The van der Waals surface area contributed by atoms with Crippen LogP contribution in [0, 0.1) is 0 Å². The van der Waals surface area contributed by atoms with Gasteiger partial charge in [0.25, 0.3) is 11.8 Å². The maximum atomic E-state index is 12.4. The van der Waals surface area contributed by atoms with Crippen molar-refractivity contribution in [1.82, 2.24) is 10.6 Å². The lowest BCUT2D eigenvalue weighted by molar-refractivity contribution is -0.123. The quantitative estimate of drug-likeness (QED) is 0.476. The lowest BCUT2D eigenvalue weighted by atomic mass is 9.95. The topological polar surface area (TPSA) is 118 Å². The Morgan fingerprint density at radius 3 is 2.29 bits per heavy atom. The van der Waals surface area contributed by atoms with Crippen LogP contribution in [-0.2, 0) is 9.59 Å². The Labute approximate surface area is 158 Å². The number of hydrogen-bond acceptors (Lipinski definition) is 6. The maximum absolute atomic E-state index is 12.4. The molecule has 140 valence electrons. The van der Waals surface area contributed by atoms with Gasteiger partial charge in [-0.2, -0.15) is 0 Å². The van der Waals surface area contributed by atoms with Gasteiger partial charge >= 0.3 is 6.03 Å². The van der Waals surface area contributed by atoms with Crippen molar-refractivity contribution in [2.24, 2.45) is 0 Å². The van der Waals surface area contributed by atoms with Crippen LogP contribution in [0.25, 0.3) is 16.5 Å². The van der Waals surface area contributed by atoms with E-state index in [1.807, 2.05) is 0 Å². The number of ether oxygens (including phenoxy) is 1. The summed E-state index contributed by atoms with van der Waals surface area (Å²) in [7, 11) is 1.52. The SMILES string of the molecule is COc1ccc(C(=C2C(=O)NC(=O)NC2=O)c2cc3cc(O)ccc3o2)cc1. The zero-order valence-corrected chi connectivity index (χ0v) is 14.6. The standard InChI is InChI=1S/C20H14N2O6/c1-27-13-5-2-10(3-6-13)16(17-18(24)21-20(26)22-19(17)25)15-9-11-8-12(23)4-7-14(11)28-15/h2-9,23H,1H3,(H2,21,22,24,25,26). The van der Waals surface area contributed by atoms with Crippen LogP contribution in [0.4, 0.5) is 4.79 Å². The third-order valence-corrected chi connectivity index (χ3v) is 4.28. The van der Waals surface area contributed by atoms with Crippen LogP contribution >= 0.6 is 0 Å². The molecule has 1 aliphatic heterocycles. The lowest BCUT2D eigenvalue weighted by Crippen LogP contribution is -2.51. The molecule has 28 heavy (non-hydrogen) atoms. The minimum atomic E-state index is -0.887. The van der Waals surface area contributed by atoms with Crippen LogP contribution in [0.3, 0.4) is 0 Å². The first-order valence-corrected chi connectivity index (χ1v) is 8.24. The van der Waals surface area contributed by atoms with E-state index in [2.05, 4.69) is 10.6 Å². The van der Waals surface area contributed by atoms with Crippen LogP contribution in [0.2, 0.25) is 0 Å². The first-order valence-electron chi connectivity index (χ1n) is 8.24. The van der Waals surface area contributed by atoms with E-state index in [1.54, 1.807) is 36.4 Å². The number of rotatable bonds is 3. The number of phenols is 1. The van der Waals surface area contributed by atoms with Crippen molar-refractivity contribution in [3.63, 3.8) is 0 Å². The van der Waals surface area contributed by atoms with Crippen LogP contribution in [0.5, 0.6) is 11.5 Å². The molecule has 0 bridgehead atoms. The lowest BCUT2D eigenvalue weighted by Gasteiger charge is -2.18. The van der Waals surface area contributed by atoms with Gasteiger partial charge in [-0.25, -0.2) is 4.79 Å². The number of imide groups is 2. The highest BCUT2D eigenvalue weighted by Gasteiger charge is 2.33. The van der Waals surface area contributed by atoms with Gasteiger partial charge in [0.2, 0.25) is 0 Å². The van der Waals surface area contributed by atoms with E-state index in [0.717, 1.165) is 0 Å². The molecule has 0 saturated carbocycles. The van der Waals surface area contributed by atoms with E-state index in [0.29, 0.717) is 22.3 Å². The number of hydrogen-bond donors (Lipinski definition) is 3. The fraction of sp³-hybridized carbons (Fsp3) is 0.0500. The second kappa shape index (κ2) is 6.58. The highest BCUT2D eigenvalue weighted by molar-refractivity contribution is 6.33. The number of phenolic OH excluding ortho intramolecular Hbond substituents is 1. The van der Waals surface area contributed by atoms with E-state index >= 15 is 0 Å².